The SMILES string of the molecule is CCC(C)(C)C(=O)ON1C(=O)CCC1=O.CCC(C)(CC(C)(C)C(=O)NCC(=O)OC)C(=O)ON1C(=O)CCC1=O.CCN(CC)CC. The predicted octanol–water partition coefficient (Wildman–Crippen LogP) is 3.09. The summed E-state index contributed by atoms with van der Waals surface area (Å²) in [6.45, 7) is 21.7. The van der Waals surface area contributed by atoms with E-state index in [1.165, 1.54) is 26.7 Å². The van der Waals surface area contributed by atoms with Crippen LogP contribution in [0.5, 0.6) is 0 Å². The molecule has 1 unspecified atom stereocenters. The number of ether oxygens (including phenoxy) is 1. The quantitative estimate of drug-likeness (QED) is 0.209. The fourth-order valence-electron chi connectivity index (χ4n) is 4.39. The van der Waals surface area contributed by atoms with Gasteiger partial charge in [0.1, 0.15) is 6.54 Å². The zero-order valence-corrected chi connectivity index (χ0v) is 30.6. The maximum absolute atomic E-state index is 12.6. The fourth-order valence-corrected chi connectivity index (χ4v) is 4.39. The Morgan fingerprint density at radius 3 is 1.38 bits per heavy atom. The molecule has 2 fully saturated rings. The van der Waals surface area contributed by atoms with Crippen molar-refractivity contribution in [1.29, 1.82) is 0 Å². The molecule has 2 saturated heterocycles. The number of carbonyl (C=O) groups is 8. The minimum atomic E-state index is -1.10. The standard InChI is InChI=1S/C17H26N2O7.C10H15NO4.C6H15N/c1-6-17(4,15(24)26-19-11(20)7-8-12(19)21)10-16(2,3)14(23)18-9-13(22)25-5;1-4-10(2,3)9(14)15-11-7(12)5-6-8(11)13;1-4-7(5-2)6-3/h6-10H2,1-5H3,(H,18,23);4-6H2,1-3H3;4-6H2,1-3H3. The Balaban J connectivity index is 0.000000838. The van der Waals surface area contributed by atoms with Crippen LogP contribution < -0.4 is 5.32 Å². The van der Waals surface area contributed by atoms with Gasteiger partial charge in [0.05, 0.1) is 17.9 Å². The first-order valence-electron chi connectivity index (χ1n) is 16.4. The van der Waals surface area contributed by atoms with Crippen LogP contribution in [0.4, 0.5) is 0 Å². The summed E-state index contributed by atoms with van der Waals surface area (Å²) in [5, 5.41) is 3.55. The number of hydrogen-bond donors (Lipinski definition) is 1. The van der Waals surface area contributed by atoms with Crippen molar-refractivity contribution in [2.75, 3.05) is 33.3 Å². The van der Waals surface area contributed by atoms with Crippen LogP contribution in [0, 0.1) is 16.2 Å². The summed E-state index contributed by atoms with van der Waals surface area (Å²) in [5.74, 6) is -4.32. The number of nitrogens with one attached hydrogen (secondary N) is 1. The molecule has 2 aliphatic heterocycles. The molecule has 2 rings (SSSR count). The van der Waals surface area contributed by atoms with Crippen molar-refractivity contribution in [3.63, 3.8) is 0 Å². The topological polar surface area (TPSA) is 186 Å². The van der Waals surface area contributed by atoms with Crippen LogP contribution in [0.3, 0.4) is 0 Å². The van der Waals surface area contributed by atoms with Crippen LogP contribution >= 0.6 is 0 Å². The molecule has 15 heteroatoms. The van der Waals surface area contributed by atoms with Gasteiger partial charge in [-0.15, -0.1) is 10.1 Å². The van der Waals surface area contributed by atoms with Gasteiger partial charge in [0.2, 0.25) is 5.91 Å². The third-order valence-electron chi connectivity index (χ3n) is 8.48. The first-order chi connectivity index (χ1) is 22.2. The van der Waals surface area contributed by atoms with Gasteiger partial charge in [-0.1, -0.05) is 48.5 Å². The molecule has 15 nitrogen and oxygen atoms in total. The predicted molar refractivity (Wildman–Crippen MR) is 174 cm³/mol. The molecule has 0 spiro atoms. The van der Waals surface area contributed by atoms with Gasteiger partial charge in [-0.05, 0) is 59.7 Å². The van der Waals surface area contributed by atoms with Crippen LogP contribution in [0.15, 0.2) is 0 Å². The molecule has 2 heterocycles. The van der Waals surface area contributed by atoms with Crippen molar-refractivity contribution in [3.8, 4) is 0 Å². The van der Waals surface area contributed by atoms with Crippen molar-refractivity contribution in [1.82, 2.24) is 20.3 Å². The van der Waals surface area contributed by atoms with Crippen molar-refractivity contribution in [2.24, 2.45) is 16.2 Å². The summed E-state index contributed by atoms with van der Waals surface area (Å²) in [6, 6.07) is 0. The van der Waals surface area contributed by atoms with Crippen molar-refractivity contribution < 1.29 is 52.8 Å². The molecule has 5 amide bonds. The minimum Gasteiger partial charge on any atom is -0.468 e. The summed E-state index contributed by atoms with van der Waals surface area (Å²) in [7, 11) is 1.21. The van der Waals surface area contributed by atoms with Crippen LogP contribution in [0.25, 0.3) is 0 Å². The van der Waals surface area contributed by atoms with E-state index < -0.39 is 63.7 Å². The second-order valence-electron chi connectivity index (χ2n) is 13.0. The molecular formula is C33H56N4O11. The Labute approximate surface area is 284 Å². The molecule has 0 aromatic carbocycles. The monoisotopic (exact) mass is 684 g/mol. The first-order valence-corrected chi connectivity index (χ1v) is 16.4. The van der Waals surface area contributed by atoms with E-state index in [9.17, 15) is 38.4 Å². The van der Waals surface area contributed by atoms with Crippen molar-refractivity contribution in [2.45, 2.75) is 114 Å². The van der Waals surface area contributed by atoms with E-state index in [0.29, 0.717) is 23.0 Å². The molecule has 0 aromatic rings. The van der Waals surface area contributed by atoms with Gasteiger partial charge in [0.15, 0.2) is 0 Å². The average Bonchev–Trinajstić information content (AvgIpc) is 3.54. The molecule has 0 aromatic heterocycles. The number of amides is 5. The van der Waals surface area contributed by atoms with E-state index in [0.717, 1.165) is 0 Å². The lowest BCUT2D eigenvalue weighted by atomic mass is 9.72. The largest absolute Gasteiger partial charge is 0.468 e. The Morgan fingerprint density at radius 2 is 1.06 bits per heavy atom. The molecule has 0 aliphatic carbocycles. The zero-order chi connectivity index (χ0) is 37.5. The highest BCUT2D eigenvalue weighted by molar-refractivity contribution is 6.02. The third kappa shape index (κ3) is 13.3. The Bertz CT molecular complexity index is 1140. The molecule has 48 heavy (non-hydrogen) atoms. The summed E-state index contributed by atoms with van der Waals surface area (Å²) < 4.78 is 4.47. The Hall–Kier alpha value is -3.88. The van der Waals surface area contributed by atoms with Gasteiger partial charge in [-0.3, -0.25) is 28.8 Å². The smallest absolute Gasteiger partial charge is 0.339 e. The molecule has 2 aliphatic rings. The summed E-state index contributed by atoms with van der Waals surface area (Å²) in [5.41, 5.74) is -2.78. The van der Waals surface area contributed by atoms with E-state index >= 15 is 0 Å². The zero-order valence-electron chi connectivity index (χ0n) is 30.6. The molecule has 0 saturated carbocycles. The second kappa shape index (κ2) is 19.8. The van der Waals surface area contributed by atoms with Crippen LogP contribution in [-0.2, 0) is 52.8 Å². The minimum absolute atomic E-state index is 0.0103. The maximum Gasteiger partial charge on any atom is 0.339 e. The molecule has 0 bridgehead atoms. The van der Waals surface area contributed by atoms with Crippen molar-refractivity contribution >= 4 is 47.4 Å². The van der Waals surface area contributed by atoms with Crippen LogP contribution in [-0.4, -0.2) is 95.8 Å². The van der Waals surface area contributed by atoms with Gasteiger partial charge in [-0.2, -0.15) is 0 Å². The fraction of sp³-hybridized carbons (Fsp3) is 0.758. The van der Waals surface area contributed by atoms with Gasteiger partial charge in [0, 0.05) is 31.1 Å². The van der Waals surface area contributed by atoms with Crippen LogP contribution in [0.1, 0.15) is 114 Å². The lowest BCUT2D eigenvalue weighted by Crippen LogP contribution is -2.46. The van der Waals surface area contributed by atoms with E-state index in [-0.39, 0.29) is 38.6 Å². The number of carbonyl (C=O) groups excluding carboxylic acids is 8. The highest BCUT2D eigenvalue weighted by atomic mass is 16.7. The van der Waals surface area contributed by atoms with Gasteiger partial charge >= 0.3 is 17.9 Å². The average molecular weight is 685 g/mol. The number of rotatable bonds is 14. The number of hydroxylamine groups is 4. The molecular weight excluding hydrogens is 628 g/mol. The highest BCUT2D eigenvalue weighted by Gasteiger charge is 2.45. The summed E-state index contributed by atoms with van der Waals surface area (Å²) >= 11 is 0. The first kappa shape index (κ1) is 44.1. The Morgan fingerprint density at radius 1 is 0.667 bits per heavy atom. The second-order valence-corrected chi connectivity index (χ2v) is 13.0. The number of imide groups is 2. The molecule has 0 radical (unpaired) electrons. The number of methoxy groups -OCH3 is 1. The van der Waals surface area contributed by atoms with E-state index in [1.54, 1.807) is 41.5 Å². The maximum atomic E-state index is 12.6. The lowest BCUT2D eigenvalue weighted by Gasteiger charge is -2.34. The normalized spacial score (nSPS) is 16.0. The van der Waals surface area contributed by atoms with E-state index in [1.807, 2.05) is 6.92 Å². The summed E-state index contributed by atoms with van der Waals surface area (Å²) in [6.07, 6.45) is 1.28. The number of hydrogen-bond acceptors (Lipinski definition) is 12. The summed E-state index contributed by atoms with van der Waals surface area (Å²) in [4.78, 5) is 105. The molecule has 274 valence electrons. The highest BCUT2D eigenvalue weighted by Crippen LogP contribution is 2.38. The van der Waals surface area contributed by atoms with Crippen LogP contribution in [0.2, 0.25) is 0 Å². The van der Waals surface area contributed by atoms with Gasteiger partial charge in [0.25, 0.3) is 23.6 Å². The Kier molecular flexibility index (Phi) is 18.2. The molecule has 1 atom stereocenters. The molecule has 1 N–H and O–H groups in total. The van der Waals surface area contributed by atoms with Gasteiger partial charge in [-0.25, -0.2) is 9.59 Å². The number of nitrogens with zero attached hydrogens (tertiary/aromatic N) is 3. The number of esters is 1. The van der Waals surface area contributed by atoms with E-state index in [2.05, 4.69) is 35.7 Å². The lowest BCUT2D eigenvalue weighted by molar-refractivity contribution is -0.206. The van der Waals surface area contributed by atoms with E-state index in [4.69, 9.17) is 9.68 Å². The van der Waals surface area contributed by atoms with Crippen molar-refractivity contribution in [3.05, 3.63) is 0 Å². The van der Waals surface area contributed by atoms with Gasteiger partial charge < -0.3 is 24.6 Å². The third-order valence-corrected chi connectivity index (χ3v) is 8.48.